The lowest BCUT2D eigenvalue weighted by Crippen LogP contribution is -2.25. The number of hydrogen-bond acceptors (Lipinski definition) is 3. The summed E-state index contributed by atoms with van der Waals surface area (Å²) in [5.74, 6) is 0.822. The Bertz CT molecular complexity index is 268. The Kier molecular flexibility index (Phi) is 5.81. The zero-order chi connectivity index (χ0) is 12.1. The Labute approximate surface area is 94.4 Å². The van der Waals surface area contributed by atoms with E-state index >= 15 is 0 Å². The van der Waals surface area contributed by atoms with Gasteiger partial charge in [0, 0.05) is 0 Å². The average molecular weight is 235 g/mol. The first-order chi connectivity index (χ1) is 6.68. The Morgan fingerprint density at radius 3 is 2.20 bits per heavy atom. The summed E-state index contributed by atoms with van der Waals surface area (Å²) in [4.78, 5) is 0. The van der Waals surface area contributed by atoms with Gasteiger partial charge in [-0.2, -0.15) is 0 Å². The van der Waals surface area contributed by atoms with Crippen LogP contribution < -0.4 is 5.73 Å². The predicted molar refractivity (Wildman–Crippen MR) is 65.6 cm³/mol. The van der Waals surface area contributed by atoms with Crippen LogP contribution in [0.15, 0.2) is 0 Å². The van der Waals surface area contributed by atoms with Gasteiger partial charge in [-0.3, -0.25) is 0 Å². The molecule has 0 aromatic heterocycles. The van der Waals surface area contributed by atoms with Gasteiger partial charge in [0.25, 0.3) is 0 Å². The van der Waals surface area contributed by atoms with Gasteiger partial charge >= 0.3 is 0 Å². The van der Waals surface area contributed by atoms with Crippen LogP contribution in [-0.2, 0) is 9.84 Å². The molecule has 0 fully saturated rings. The van der Waals surface area contributed by atoms with E-state index in [1.54, 1.807) is 0 Å². The van der Waals surface area contributed by atoms with Crippen LogP contribution in [0, 0.1) is 11.3 Å². The van der Waals surface area contributed by atoms with Crippen molar-refractivity contribution in [3.8, 4) is 0 Å². The van der Waals surface area contributed by atoms with E-state index in [4.69, 9.17) is 5.73 Å². The van der Waals surface area contributed by atoms with E-state index < -0.39 is 9.84 Å². The standard InChI is InChI=1S/C11H25NO2S/c1-10(2)8-15(13,14)7-5-6-11(3,4)9-12/h10H,5-9,12H2,1-4H3. The summed E-state index contributed by atoms with van der Waals surface area (Å²) in [5, 5.41) is 0. The van der Waals surface area contributed by atoms with Crippen LogP contribution in [0.2, 0.25) is 0 Å². The van der Waals surface area contributed by atoms with Gasteiger partial charge in [-0.1, -0.05) is 27.7 Å². The van der Waals surface area contributed by atoms with Gasteiger partial charge in [-0.05, 0) is 30.7 Å². The summed E-state index contributed by atoms with van der Waals surface area (Å²) >= 11 is 0. The van der Waals surface area contributed by atoms with Gasteiger partial charge in [0.2, 0.25) is 0 Å². The van der Waals surface area contributed by atoms with Gasteiger partial charge in [-0.25, -0.2) is 8.42 Å². The van der Waals surface area contributed by atoms with Gasteiger partial charge in [-0.15, -0.1) is 0 Å². The first-order valence-electron chi connectivity index (χ1n) is 5.59. The average Bonchev–Trinajstić information content (AvgIpc) is 2.00. The molecular formula is C11H25NO2S. The molecule has 0 bridgehead atoms. The van der Waals surface area contributed by atoms with Crippen molar-refractivity contribution < 1.29 is 8.42 Å². The lowest BCUT2D eigenvalue weighted by Gasteiger charge is -2.21. The van der Waals surface area contributed by atoms with Crippen molar-refractivity contribution in [2.45, 2.75) is 40.5 Å². The van der Waals surface area contributed by atoms with Crippen molar-refractivity contribution in [3.63, 3.8) is 0 Å². The highest BCUT2D eigenvalue weighted by atomic mass is 32.2. The normalized spacial score (nSPS) is 13.5. The molecule has 0 saturated heterocycles. The van der Waals surface area contributed by atoms with Crippen molar-refractivity contribution >= 4 is 9.84 Å². The van der Waals surface area contributed by atoms with Crippen LogP contribution in [0.3, 0.4) is 0 Å². The molecule has 0 aliphatic heterocycles. The highest BCUT2D eigenvalue weighted by Crippen LogP contribution is 2.20. The van der Waals surface area contributed by atoms with Crippen molar-refractivity contribution in [1.82, 2.24) is 0 Å². The summed E-state index contributed by atoms with van der Waals surface area (Å²) in [6.07, 6.45) is 1.60. The zero-order valence-electron chi connectivity index (χ0n) is 10.4. The largest absolute Gasteiger partial charge is 0.330 e. The molecule has 15 heavy (non-hydrogen) atoms. The quantitative estimate of drug-likeness (QED) is 0.732. The van der Waals surface area contributed by atoms with E-state index in [0.717, 1.165) is 12.8 Å². The minimum atomic E-state index is -2.85. The Hall–Kier alpha value is -0.0900. The van der Waals surface area contributed by atoms with E-state index in [1.807, 2.05) is 13.8 Å². The van der Waals surface area contributed by atoms with Crippen LogP contribution >= 0.6 is 0 Å². The van der Waals surface area contributed by atoms with Crippen LogP contribution in [0.4, 0.5) is 0 Å². The molecule has 92 valence electrons. The van der Waals surface area contributed by atoms with Crippen LogP contribution in [0.25, 0.3) is 0 Å². The van der Waals surface area contributed by atoms with Crippen LogP contribution in [-0.4, -0.2) is 26.5 Å². The molecular weight excluding hydrogens is 210 g/mol. The van der Waals surface area contributed by atoms with Crippen molar-refractivity contribution in [3.05, 3.63) is 0 Å². The summed E-state index contributed by atoms with van der Waals surface area (Å²) in [7, 11) is -2.85. The third-order valence-electron chi connectivity index (χ3n) is 2.45. The maximum Gasteiger partial charge on any atom is 0.150 e. The lowest BCUT2D eigenvalue weighted by molar-refractivity contribution is 0.344. The van der Waals surface area contributed by atoms with E-state index in [0.29, 0.717) is 18.1 Å². The molecule has 0 amide bonds. The van der Waals surface area contributed by atoms with Gasteiger partial charge in [0.15, 0.2) is 9.84 Å². The van der Waals surface area contributed by atoms with E-state index in [9.17, 15) is 8.42 Å². The molecule has 0 aromatic rings. The molecule has 0 atom stereocenters. The topological polar surface area (TPSA) is 60.2 Å². The van der Waals surface area contributed by atoms with E-state index in [-0.39, 0.29) is 11.3 Å². The summed E-state index contributed by atoms with van der Waals surface area (Å²) in [5.41, 5.74) is 5.65. The van der Waals surface area contributed by atoms with Gasteiger partial charge in [0.1, 0.15) is 0 Å². The predicted octanol–water partition coefficient (Wildman–Crippen LogP) is 1.82. The second kappa shape index (κ2) is 5.85. The number of hydrogen-bond donors (Lipinski definition) is 1. The van der Waals surface area contributed by atoms with E-state index in [2.05, 4.69) is 13.8 Å². The Morgan fingerprint density at radius 1 is 1.27 bits per heavy atom. The second-order valence-corrected chi connectivity index (χ2v) is 7.71. The SMILES string of the molecule is CC(C)CS(=O)(=O)CCCC(C)(C)CN. The number of nitrogens with two attached hydrogens (primary N) is 1. The van der Waals surface area contributed by atoms with Crippen LogP contribution in [0.5, 0.6) is 0 Å². The summed E-state index contributed by atoms with van der Waals surface area (Å²) in [6.45, 7) is 8.62. The molecule has 0 aliphatic carbocycles. The number of rotatable bonds is 7. The maximum atomic E-state index is 11.6. The Balaban J connectivity index is 3.96. The van der Waals surface area contributed by atoms with Gasteiger partial charge in [0.05, 0.1) is 11.5 Å². The maximum absolute atomic E-state index is 11.6. The fraction of sp³-hybridized carbons (Fsp3) is 1.00. The second-order valence-electron chi connectivity index (χ2n) is 5.48. The van der Waals surface area contributed by atoms with Gasteiger partial charge < -0.3 is 5.73 Å². The molecule has 0 heterocycles. The molecule has 0 radical (unpaired) electrons. The highest BCUT2D eigenvalue weighted by Gasteiger charge is 2.18. The molecule has 0 aliphatic rings. The smallest absolute Gasteiger partial charge is 0.150 e. The molecule has 0 saturated carbocycles. The molecule has 0 rings (SSSR count). The van der Waals surface area contributed by atoms with Crippen molar-refractivity contribution in [2.24, 2.45) is 17.1 Å². The third-order valence-corrected chi connectivity index (χ3v) is 4.53. The minimum absolute atomic E-state index is 0.0628. The van der Waals surface area contributed by atoms with Crippen molar-refractivity contribution in [2.75, 3.05) is 18.1 Å². The Morgan fingerprint density at radius 2 is 1.80 bits per heavy atom. The van der Waals surface area contributed by atoms with E-state index in [1.165, 1.54) is 0 Å². The molecule has 2 N–H and O–H groups in total. The minimum Gasteiger partial charge on any atom is -0.330 e. The fourth-order valence-corrected chi connectivity index (χ4v) is 3.23. The monoisotopic (exact) mass is 235 g/mol. The zero-order valence-corrected chi connectivity index (χ0v) is 11.2. The summed E-state index contributed by atoms with van der Waals surface area (Å²) < 4.78 is 23.2. The lowest BCUT2D eigenvalue weighted by atomic mass is 9.88. The molecule has 0 aromatic carbocycles. The molecule has 0 unspecified atom stereocenters. The summed E-state index contributed by atoms with van der Waals surface area (Å²) in [6, 6.07) is 0. The molecule has 3 nitrogen and oxygen atoms in total. The van der Waals surface area contributed by atoms with Crippen molar-refractivity contribution in [1.29, 1.82) is 0 Å². The van der Waals surface area contributed by atoms with Crippen LogP contribution in [0.1, 0.15) is 40.5 Å². The first-order valence-corrected chi connectivity index (χ1v) is 7.41. The molecule has 0 spiro atoms. The number of sulfone groups is 1. The molecule has 4 heteroatoms. The fourth-order valence-electron chi connectivity index (χ4n) is 1.46. The first kappa shape index (κ1) is 14.9. The highest BCUT2D eigenvalue weighted by molar-refractivity contribution is 7.91. The third kappa shape index (κ3) is 7.79.